The molecule has 0 N–H and O–H groups in total. The third-order valence-corrected chi connectivity index (χ3v) is 14.2. The van der Waals surface area contributed by atoms with Crippen LogP contribution in [0.5, 0.6) is 0 Å². The standard InChI is InChI=1S/C64H62N2/c1-12-42(2)14-13-37-65(50-25-15-43(3)16-26-50)53-31-35-57-55-33-23-48(38-59(55)63(8,9)61(57)40-53)46(6)21-22-47(7)49-24-34-56-58-36-32-54(41-62(58)64(10,11)60(56)39-49)66(51-27-17-44(4)18-28-51)52-29-19-45(5)20-30-52/h12-20,23-41H,1,6-7,21-22H2,2-5,8-11H3/b37-13+,42-14-. The predicted octanol–water partition coefficient (Wildman–Crippen LogP) is 18.0. The van der Waals surface area contributed by atoms with Gasteiger partial charge in [-0.3, -0.25) is 0 Å². The van der Waals surface area contributed by atoms with Gasteiger partial charge in [0.05, 0.1) is 0 Å². The summed E-state index contributed by atoms with van der Waals surface area (Å²) < 4.78 is 0. The summed E-state index contributed by atoms with van der Waals surface area (Å²) in [5.74, 6) is 0. The fourth-order valence-electron chi connectivity index (χ4n) is 9.98. The highest BCUT2D eigenvalue weighted by molar-refractivity contribution is 5.88. The highest BCUT2D eigenvalue weighted by Crippen LogP contribution is 2.53. The quantitative estimate of drug-likeness (QED) is 0.107. The molecule has 0 spiro atoms. The van der Waals surface area contributed by atoms with Gasteiger partial charge in [-0.05, 0) is 186 Å². The average Bonchev–Trinajstić information content (AvgIpc) is 3.69. The maximum Gasteiger partial charge on any atom is 0.0465 e. The summed E-state index contributed by atoms with van der Waals surface area (Å²) in [4.78, 5) is 4.65. The van der Waals surface area contributed by atoms with Crippen LogP contribution in [0, 0.1) is 20.8 Å². The Morgan fingerprint density at radius 2 is 0.833 bits per heavy atom. The summed E-state index contributed by atoms with van der Waals surface area (Å²) in [7, 11) is 0. The van der Waals surface area contributed by atoms with E-state index in [9.17, 15) is 0 Å². The van der Waals surface area contributed by atoms with E-state index in [0.29, 0.717) is 0 Å². The van der Waals surface area contributed by atoms with Crippen LogP contribution in [0.4, 0.5) is 28.4 Å². The number of benzene rings is 7. The first-order valence-electron chi connectivity index (χ1n) is 23.4. The van der Waals surface area contributed by atoms with Crippen LogP contribution in [0.2, 0.25) is 0 Å². The molecular weight excluding hydrogens is 797 g/mol. The van der Waals surface area contributed by atoms with E-state index in [2.05, 4.69) is 249 Å². The molecule has 0 aliphatic heterocycles. The van der Waals surface area contributed by atoms with Gasteiger partial charge in [-0.2, -0.15) is 0 Å². The average molecular weight is 859 g/mol. The summed E-state index contributed by atoms with van der Waals surface area (Å²) in [5, 5.41) is 0. The highest BCUT2D eigenvalue weighted by atomic mass is 15.1. The van der Waals surface area contributed by atoms with E-state index < -0.39 is 0 Å². The molecular formula is C64H62N2. The third kappa shape index (κ3) is 8.11. The molecule has 328 valence electrons. The Hall–Kier alpha value is -7.16. The predicted molar refractivity (Wildman–Crippen MR) is 286 cm³/mol. The number of rotatable bonds is 13. The number of nitrogens with zero attached hydrogens (tertiary/aromatic N) is 2. The smallest absolute Gasteiger partial charge is 0.0465 e. The highest BCUT2D eigenvalue weighted by Gasteiger charge is 2.38. The van der Waals surface area contributed by atoms with Gasteiger partial charge in [-0.1, -0.05) is 155 Å². The van der Waals surface area contributed by atoms with Crippen molar-refractivity contribution in [1.29, 1.82) is 0 Å². The number of anilines is 5. The van der Waals surface area contributed by atoms with Crippen LogP contribution in [-0.4, -0.2) is 0 Å². The third-order valence-electron chi connectivity index (χ3n) is 14.2. The molecule has 0 bridgehead atoms. The van der Waals surface area contributed by atoms with Crippen molar-refractivity contribution in [3.63, 3.8) is 0 Å². The van der Waals surface area contributed by atoms with Crippen molar-refractivity contribution in [3.05, 3.63) is 245 Å². The molecule has 0 unspecified atom stereocenters. The Morgan fingerprint density at radius 1 is 0.470 bits per heavy atom. The van der Waals surface area contributed by atoms with Gasteiger partial charge in [0.25, 0.3) is 0 Å². The Kier molecular flexibility index (Phi) is 11.6. The van der Waals surface area contributed by atoms with Crippen molar-refractivity contribution in [2.45, 2.75) is 79.1 Å². The van der Waals surface area contributed by atoms with Crippen LogP contribution in [0.15, 0.2) is 195 Å². The van der Waals surface area contributed by atoms with Gasteiger partial charge in [0.15, 0.2) is 0 Å². The molecule has 2 aliphatic carbocycles. The normalized spacial score (nSPS) is 14.0. The van der Waals surface area contributed by atoms with Crippen molar-refractivity contribution in [2.75, 3.05) is 9.80 Å². The van der Waals surface area contributed by atoms with Crippen molar-refractivity contribution < 1.29 is 0 Å². The number of hydrogen-bond acceptors (Lipinski definition) is 2. The summed E-state index contributed by atoms with van der Waals surface area (Å²) >= 11 is 0. The van der Waals surface area contributed by atoms with Gasteiger partial charge in [0, 0.05) is 45.5 Å². The first-order chi connectivity index (χ1) is 31.6. The monoisotopic (exact) mass is 858 g/mol. The topological polar surface area (TPSA) is 6.48 Å². The van der Waals surface area contributed by atoms with E-state index in [-0.39, 0.29) is 10.8 Å². The number of fused-ring (bicyclic) bond motifs is 6. The zero-order chi connectivity index (χ0) is 46.5. The van der Waals surface area contributed by atoms with Gasteiger partial charge < -0.3 is 9.80 Å². The summed E-state index contributed by atoms with van der Waals surface area (Å²) in [5.41, 5.74) is 25.5. The van der Waals surface area contributed by atoms with Crippen LogP contribution >= 0.6 is 0 Å². The van der Waals surface area contributed by atoms with Gasteiger partial charge in [0.1, 0.15) is 0 Å². The fraction of sp³-hybridized carbons (Fsp3) is 0.188. The Balaban J connectivity index is 0.926. The second-order valence-corrected chi connectivity index (χ2v) is 19.6. The van der Waals surface area contributed by atoms with Crippen molar-refractivity contribution in [2.24, 2.45) is 0 Å². The van der Waals surface area contributed by atoms with Crippen molar-refractivity contribution >= 4 is 39.6 Å². The van der Waals surface area contributed by atoms with Crippen molar-refractivity contribution in [1.82, 2.24) is 0 Å². The van der Waals surface area contributed by atoms with E-state index in [1.165, 1.54) is 72.3 Å². The maximum atomic E-state index is 4.65. The minimum absolute atomic E-state index is 0.181. The zero-order valence-electron chi connectivity index (χ0n) is 40.1. The molecule has 9 rings (SSSR count). The molecule has 0 saturated carbocycles. The molecule has 7 aromatic carbocycles. The first kappa shape index (κ1) is 44.1. The molecule has 0 aromatic heterocycles. The number of aryl methyl sites for hydroxylation is 3. The van der Waals surface area contributed by atoms with Crippen LogP contribution in [0.3, 0.4) is 0 Å². The van der Waals surface area contributed by atoms with E-state index >= 15 is 0 Å². The fourth-order valence-corrected chi connectivity index (χ4v) is 9.98. The lowest BCUT2D eigenvalue weighted by molar-refractivity contribution is 0.660. The molecule has 2 aliphatic rings. The van der Waals surface area contributed by atoms with Crippen LogP contribution < -0.4 is 9.80 Å². The lowest BCUT2D eigenvalue weighted by atomic mass is 9.81. The van der Waals surface area contributed by atoms with Gasteiger partial charge in [0.2, 0.25) is 0 Å². The lowest BCUT2D eigenvalue weighted by Crippen LogP contribution is -2.17. The van der Waals surface area contributed by atoms with Gasteiger partial charge in [-0.25, -0.2) is 0 Å². The zero-order valence-corrected chi connectivity index (χ0v) is 40.1. The van der Waals surface area contributed by atoms with Gasteiger partial charge in [-0.15, -0.1) is 0 Å². The lowest BCUT2D eigenvalue weighted by Gasteiger charge is -2.28. The van der Waals surface area contributed by atoms with Crippen molar-refractivity contribution in [3.8, 4) is 22.3 Å². The second kappa shape index (κ2) is 17.3. The summed E-state index contributed by atoms with van der Waals surface area (Å²) in [6.07, 6.45) is 9.90. The van der Waals surface area contributed by atoms with E-state index in [1.807, 2.05) is 6.08 Å². The summed E-state index contributed by atoms with van der Waals surface area (Å²) in [6, 6.07) is 54.3. The molecule has 0 atom stereocenters. The molecule has 0 fully saturated rings. The largest absolute Gasteiger partial charge is 0.317 e. The maximum absolute atomic E-state index is 4.65. The van der Waals surface area contributed by atoms with E-state index in [1.54, 1.807) is 0 Å². The van der Waals surface area contributed by atoms with Crippen LogP contribution in [0.1, 0.15) is 97.5 Å². The number of allylic oxidation sites excluding steroid dienone is 6. The molecule has 2 heteroatoms. The van der Waals surface area contributed by atoms with Gasteiger partial charge >= 0.3 is 0 Å². The van der Waals surface area contributed by atoms with Crippen LogP contribution in [0.25, 0.3) is 33.4 Å². The first-order valence-corrected chi connectivity index (χ1v) is 23.4. The molecule has 0 radical (unpaired) electrons. The SMILES string of the molecule is C=C/C(C)=C\C=C\N(c1ccc(C)cc1)c1ccc2c(c1)C(C)(C)c1cc(C(=C)CCC(=C)c3ccc4c(c3)C(C)(C)c3cc(N(c5ccc(C)cc5)c5ccc(C)cc5)ccc3-4)ccc1-2. The molecule has 0 amide bonds. The molecule has 0 heterocycles. The van der Waals surface area contributed by atoms with Crippen LogP contribution in [-0.2, 0) is 10.8 Å². The summed E-state index contributed by atoms with van der Waals surface area (Å²) in [6.45, 7) is 31.2. The van der Waals surface area contributed by atoms with E-state index in [0.717, 1.165) is 58.0 Å². The van der Waals surface area contributed by atoms with E-state index in [4.69, 9.17) is 0 Å². The second-order valence-electron chi connectivity index (χ2n) is 19.6. The Labute approximate surface area is 394 Å². The molecule has 7 aromatic rings. The molecule has 0 saturated heterocycles. The Morgan fingerprint density at radius 3 is 1.27 bits per heavy atom. The molecule has 66 heavy (non-hydrogen) atoms. The molecule has 2 nitrogen and oxygen atoms in total. The minimum Gasteiger partial charge on any atom is -0.317 e. The number of hydrogen-bond donors (Lipinski definition) is 0. The Bertz CT molecular complexity index is 3050. The minimum atomic E-state index is -0.183.